The number of rotatable bonds is 4. The summed E-state index contributed by atoms with van der Waals surface area (Å²) in [5.74, 6) is 0. The number of nitrogens with one attached hydrogen (secondary N) is 1. The smallest absolute Gasteiger partial charge is 0.0962 e. The average molecular weight is 255 g/mol. The third kappa shape index (κ3) is 3.83. The Labute approximate surface area is 115 Å². The fourth-order valence-corrected chi connectivity index (χ4v) is 2.20. The summed E-state index contributed by atoms with van der Waals surface area (Å²) in [6, 6.07) is 14.3. The van der Waals surface area contributed by atoms with E-state index in [-0.39, 0.29) is 0 Å². The maximum Gasteiger partial charge on any atom is 0.0962 e. The van der Waals surface area contributed by atoms with Gasteiger partial charge in [-0.1, -0.05) is 35.9 Å². The molecule has 0 aliphatic rings. The summed E-state index contributed by atoms with van der Waals surface area (Å²) in [5, 5.41) is 13.4. The SMILES string of the molecule is Cc1ccc(C(O)CNc2cc(C)cc(C)c2)cc1. The molecule has 0 radical (unpaired) electrons. The maximum atomic E-state index is 10.1. The van der Waals surface area contributed by atoms with Crippen LogP contribution in [0, 0.1) is 20.8 Å². The van der Waals surface area contributed by atoms with Crippen molar-refractivity contribution in [2.75, 3.05) is 11.9 Å². The van der Waals surface area contributed by atoms with E-state index in [0.29, 0.717) is 6.54 Å². The number of aryl methyl sites for hydroxylation is 3. The highest BCUT2D eigenvalue weighted by Gasteiger charge is 2.07. The van der Waals surface area contributed by atoms with E-state index in [0.717, 1.165) is 11.3 Å². The van der Waals surface area contributed by atoms with Gasteiger partial charge >= 0.3 is 0 Å². The lowest BCUT2D eigenvalue weighted by atomic mass is 10.1. The van der Waals surface area contributed by atoms with Crippen molar-refractivity contribution in [1.82, 2.24) is 0 Å². The van der Waals surface area contributed by atoms with E-state index in [1.54, 1.807) is 0 Å². The minimum atomic E-state index is -0.485. The predicted octanol–water partition coefficient (Wildman–Crippen LogP) is 3.76. The van der Waals surface area contributed by atoms with Crippen LogP contribution in [0.5, 0.6) is 0 Å². The van der Waals surface area contributed by atoms with Crippen LogP contribution in [0.3, 0.4) is 0 Å². The maximum absolute atomic E-state index is 10.1. The molecular formula is C17H21NO. The van der Waals surface area contributed by atoms with Crippen molar-refractivity contribution in [3.8, 4) is 0 Å². The van der Waals surface area contributed by atoms with Crippen molar-refractivity contribution in [2.24, 2.45) is 0 Å². The van der Waals surface area contributed by atoms with E-state index in [1.807, 2.05) is 31.2 Å². The molecule has 0 amide bonds. The largest absolute Gasteiger partial charge is 0.387 e. The molecule has 1 unspecified atom stereocenters. The minimum Gasteiger partial charge on any atom is -0.387 e. The minimum absolute atomic E-state index is 0.485. The molecule has 2 aromatic rings. The molecule has 1 atom stereocenters. The summed E-state index contributed by atoms with van der Waals surface area (Å²) >= 11 is 0. The molecule has 0 saturated heterocycles. The fourth-order valence-electron chi connectivity index (χ4n) is 2.20. The number of benzene rings is 2. The zero-order chi connectivity index (χ0) is 13.8. The Morgan fingerprint density at radius 2 is 1.47 bits per heavy atom. The molecule has 0 aliphatic heterocycles. The Bertz CT molecular complexity index is 525. The number of hydrogen-bond donors (Lipinski definition) is 2. The van der Waals surface area contributed by atoms with Gasteiger partial charge in [-0.3, -0.25) is 0 Å². The van der Waals surface area contributed by atoms with Crippen LogP contribution in [-0.2, 0) is 0 Å². The molecule has 0 heterocycles. The molecule has 2 heteroatoms. The van der Waals surface area contributed by atoms with E-state index >= 15 is 0 Å². The lowest BCUT2D eigenvalue weighted by molar-refractivity contribution is 0.191. The molecule has 0 aliphatic carbocycles. The second-order valence-electron chi connectivity index (χ2n) is 5.18. The molecule has 0 aromatic heterocycles. The molecule has 2 N–H and O–H groups in total. The lowest BCUT2D eigenvalue weighted by Crippen LogP contribution is -2.12. The number of aliphatic hydroxyl groups excluding tert-OH is 1. The first-order valence-electron chi connectivity index (χ1n) is 6.61. The van der Waals surface area contributed by atoms with Gasteiger partial charge in [-0.05, 0) is 49.6 Å². The van der Waals surface area contributed by atoms with Gasteiger partial charge in [0.15, 0.2) is 0 Å². The van der Waals surface area contributed by atoms with Crippen molar-refractivity contribution < 1.29 is 5.11 Å². The van der Waals surface area contributed by atoms with Gasteiger partial charge in [0.25, 0.3) is 0 Å². The molecule has 2 nitrogen and oxygen atoms in total. The normalized spacial score (nSPS) is 12.2. The lowest BCUT2D eigenvalue weighted by Gasteiger charge is -2.14. The third-order valence-corrected chi connectivity index (χ3v) is 3.18. The quantitative estimate of drug-likeness (QED) is 0.872. The molecule has 0 saturated carbocycles. The molecule has 19 heavy (non-hydrogen) atoms. The van der Waals surface area contributed by atoms with Crippen LogP contribution in [0.2, 0.25) is 0 Å². The first kappa shape index (κ1) is 13.6. The van der Waals surface area contributed by atoms with Gasteiger partial charge in [-0.2, -0.15) is 0 Å². The van der Waals surface area contributed by atoms with Crippen LogP contribution < -0.4 is 5.32 Å². The molecule has 0 spiro atoms. The van der Waals surface area contributed by atoms with Crippen molar-refractivity contribution >= 4 is 5.69 Å². The highest BCUT2D eigenvalue weighted by molar-refractivity contribution is 5.48. The zero-order valence-electron chi connectivity index (χ0n) is 11.8. The van der Waals surface area contributed by atoms with Gasteiger partial charge in [0.2, 0.25) is 0 Å². The van der Waals surface area contributed by atoms with Crippen LogP contribution in [0.4, 0.5) is 5.69 Å². The Balaban J connectivity index is 1.99. The number of anilines is 1. The molecule has 100 valence electrons. The van der Waals surface area contributed by atoms with Crippen LogP contribution in [0.25, 0.3) is 0 Å². The number of hydrogen-bond acceptors (Lipinski definition) is 2. The standard InChI is InChI=1S/C17H21NO/c1-12-4-6-15(7-5-12)17(19)11-18-16-9-13(2)8-14(3)10-16/h4-10,17-19H,11H2,1-3H3. The summed E-state index contributed by atoms with van der Waals surface area (Å²) in [4.78, 5) is 0. The fraction of sp³-hybridized carbons (Fsp3) is 0.294. The van der Waals surface area contributed by atoms with Gasteiger partial charge in [-0.15, -0.1) is 0 Å². The van der Waals surface area contributed by atoms with E-state index in [4.69, 9.17) is 0 Å². The Morgan fingerprint density at radius 1 is 0.895 bits per heavy atom. The van der Waals surface area contributed by atoms with Crippen LogP contribution in [0.1, 0.15) is 28.4 Å². The zero-order valence-corrected chi connectivity index (χ0v) is 11.8. The Kier molecular flexibility index (Phi) is 4.23. The summed E-state index contributed by atoms with van der Waals surface area (Å²) in [7, 11) is 0. The Morgan fingerprint density at radius 3 is 2.05 bits per heavy atom. The molecule has 2 aromatic carbocycles. The highest BCUT2D eigenvalue weighted by Crippen LogP contribution is 2.17. The van der Waals surface area contributed by atoms with Crippen molar-refractivity contribution in [1.29, 1.82) is 0 Å². The molecule has 2 rings (SSSR count). The third-order valence-electron chi connectivity index (χ3n) is 3.18. The summed E-state index contributed by atoms with van der Waals surface area (Å²) < 4.78 is 0. The first-order chi connectivity index (χ1) is 9.04. The van der Waals surface area contributed by atoms with Gasteiger partial charge in [0.1, 0.15) is 0 Å². The van der Waals surface area contributed by atoms with E-state index in [2.05, 4.69) is 37.4 Å². The molecule has 0 fully saturated rings. The second kappa shape index (κ2) is 5.89. The van der Waals surface area contributed by atoms with Gasteiger partial charge < -0.3 is 10.4 Å². The monoisotopic (exact) mass is 255 g/mol. The first-order valence-corrected chi connectivity index (χ1v) is 6.61. The van der Waals surface area contributed by atoms with E-state index in [9.17, 15) is 5.11 Å². The average Bonchev–Trinajstić information content (AvgIpc) is 2.36. The van der Waals surface area contributed by atoms with Crippen molar-refractivity contribution in [2.45, 2.75) is 26.9 Å². The van der Waals surface area contributed by atoms with Crippen LogP contribution in [0.15, 0.2) is 42.5 Å². The summed E-state index contributed by atoms with van der Waals surface area (Å²) in [5.41, 5.74) is 5.67. The number of aliphatic hydroxyl groups is 1. The Hall–Kier alpha value is -1.80. The van der Waals surface area contributed by atoms with Gasteiger partial charge in [-0.25, -0.2) is 0 Å². The van der Waals surface area contributed by atoms with E-state index in [1.165, 1.54) is 16.7 Å². The van der Waals surface area contributed by atoms with Crippen LogP contribution in [-0.4, -0.2) is 11.7 Å². The van der Waals surface area contributed by atoms with E-state index < -0.39 is 6.10 Å². The highest BCUT2D eigenvalue weighted by atomic mass is 16.3. The summed E-state index contributed by atoms with van der Waals surface area (Å²) in [6.07, 6.45) is -0.485. The topological polar surface area (TPSA) is 32.3 Å². The predicted molar refractivity (Wildman–Crippen MR) is 80.5 cm³/mol. The van der Waals surface area contributed by atoms with Gasteiger partial charge in [0.05, 0.1) is 6.10 Å². The van der Waals surface area contributed by atoms with Crippen molar-refractivity contribution in [3.63, 3.8) is 0 Å². The summed E-state index contributed by atoms with van der Waals surface area (Å²) in [6.45, 7) is 6.72. The van der Waals surface area contributed by atoms with Crippen molar-refractivity contribution in [3.05, 3.63) is 64.7 Å². The molecular weight excluding hydrogens is 234 g/mol. The second-order valence-corrected chi connectivity index (χ2v) is 5.18. The van der Waals surface area contributed by atoms with Gasteiger partial charge in [0, 0.05) is 12.2 Å². The van der Waals surface area contributed by atoms with Crippen LogP contribution >= 0.6 is 0 Å². The molecule has 0 bridgehead atoms.